The summed E-state index contributed by atoms with van der Waals surface area (Å²) in [5, 5.41) is 7.03. The highest BCUT2D eigenvalue weighted by atomic mass is 19.1. The van der Waals surface area contributed by atoms with E-state index in [1.54, 1.807) is 6.07 Å². The summed E-state index contributed by atoms with van der Waals surface area (Å²) in [6.45, 7) is 2.34. The fraction of sp³-hybridized carbons (Fsp3) is 0.118. The summed E-state index contributed by atoms with van der Waals surface area (Å²) >= 11 is 0. The van der Waals surface area contributed by atoms with E-state index in [4.69, 9.17) is 4.74 Å². The van der Waals surface area contributed by atoms with Crippen molar-refractivity contribution in [3.8, 4) is 17.0 Å². The summed E-state index contributed by atoms with van der Waals surface area (Å²) in [7, 11) is 0. The molecule has 3 aromatic rings. The molecule has 0 aliphatic heterocycles. The minimum absolute atomic E-state index is 0.308. The first-order valence-electron chi connectivity index (χ1n) is 6.71. The standard InChI is InChI=1S/C17H15FN2O/c1-12-9-16(20-19-12)15-10-14(18)7-8-17(15)21-11-13-5-3-2-4-6-13/h2-10H,11H2,1H3,(H,19,20). The summed E-state index contributed by atoms with van der Waals surface area (Å²) in [4.78, 5) is 0. The number of aryl methyl sites for hydroxylation is 1. The van der Waals surface area contributed by atoms with E-state index >= 15 is 0 Å². The molecule has 0 fully saturated rings. The van der Waals surface area contributed by atoms with E-state index in [1.807, 2.05) is 43.3 Å². The second kappa shape index (κ2) is 5.79. The fourth-order valence-corrected chi connectivity index (χ4v) is 2.12. The number of hydrogen-bond donors (Lipinski definition) is 1. The van der Waals surface area contributed by atoms with Crippen molar-refractivity contribution in [3.63, 3.8) is 0 Å². The van der Waals surface area contributed by atoms with Crippen LogP contribution in [0.25, 0.3) is 11.3 Å². The largest absolute Gasteiger partial charge is 0.488 e. The Hall–Kier alpha value is -2.62. The lowest BCUT2D eigenvalue weighted by Gasteiger charge is -2.10. The molecule has 1 heterocycles. The number of halogens is 1. The van der Waals surface area contributed by atoms with Crippen molar-refractivity contribution in [2.75, 3.05) is 0 Å². The maximum atomic E-state index is 13.5. The lowest BCUT2D eigenvalue weighted by atomic mass is 10.1. The van der Waals surface area contributed by atoms with Gasteiger partial charge in [0, 0.05) is 11.3 Å². The molecule has 2 aromatic carbocycles. The first kappa shape index (κ1) is 13.4. The predicted octanol–water partition coefficient (Wildman–Crippen LogP) is 4.10. The molecular weight excluding hydrogens is 267 g/mol. The number of ether oxygens (including phenoxy) is 1. The third-order valence-corrected chi connectivity index (χ3v) is 3.16. The van der Waals surface area contributed by atoms with Crippen molar-refractivity contribution in [1.29, 1.82) is 0 Å². The Morgan fingerprint density at radius 1 is 1.10 bits per heavy atom. The Balaban J connectivity index is 1.88. The molecule has 0 spiro atoms. The van der Waals surface area contributed by atoms with Gasteiger partial charge < -0.3 is 4.74 Å². The fourth-order valence-electron chi connectivity index (χ4n) is 2.12. The molecule has 106 valence electrons. The Morgan fingerprint density at radius 2 is 1.90 bits per heavy atom. The quantitative estimate of drug-likeness (QED) is 0.782. The second-order valence-corrected chi connectivity index (χ2v) is 4.85. The number of rotatable bonds is 4. The Morgan fingerprint density at radius 3 is 2.62 bits per heavy atom. The van der Waals surface area contributed by atoms with Crippen molar-refractivity contribution >= 4 is 0 Å². The smallest absolute Gasteiger partial charge is 0.129 e. The minimum atomic E-state index is -0.308. The highest BCUT2D eigenvalue weighted by Gasteiger charge is 2.11. The third kappa shape index (κ3) is 3.11. The lowest BCUT2D eigenvalue weighted by Crippen LogP contribution is -1.97. The molecule has 0 aliphatic carbocycles. The van der Waals surface area contributed by atoms with Crippen LogP contribution in [0.4, 0.5) is 4.39 Å². The summed E-state index contributed by atoms with van der Waals surface area (Å²) in [6, 6.07) is 16.2. The average Bonchev–Trinajstić information content (AvgIpc) is 2.93. The number of aromatic amines is 1. The molecule has 21 heavy (non-hydrogen) atoms. The zero-order valence-corrected chi connectivity index (χ0v) is 11.6. The number of aromatic nitrogens is 2. The number of hydrogen-bond acceptors (Lipinski definition) is 2. The van der Waals surface area contributed by atoms with Crippen molar-refractivity contribution < 1.29 is 9.13 Å². The second-order valence-electron chi connectivity index (χ2n) is 4.85. The van der Waals surface area contributed by atoms with Crippen molar-refractivity contribution in [1.82, 2.24) is 10.2 Å². The van der Waals surface area contributed by atoms with Gasteiger partial charge in [-0.3, -0.25) is 5.10 Å². The van der Waals surface area contributed by atoms with Crippen LogP contribution in [0.1, 0.15) is 11.3 Å². The molecule has 3 nitrogen and oxygen atoms in total. The SMILES string of the molecule is Cc1cc(-c2cc(F)ccc2OCc2ccccc2)n[nH]1. The summed E-state index contributed by atoms with van der Waals surface area (Å²) in [5.74, 6) is 0.310. The topological polar surface area (TPSA) is 37.9 Å². The van der Waals surface area contributed by atoms with Crippen LogP contribution in [0.15, 0.2) is 54.6 Å². The average molecular weight is 282 g/mol. The van der Waals surface area contributed by atoms with Gasteiger partial charge in [0.15, 0.2) is 0 Å². The maximum Gasteiger partial charge on any atom is 0.129 e. The third-order valence-electron chi connectivity index (χ3n) is 3.16. The zero-order chi connectivity index (χ0) is 14.7. The van der Waals surface area contributed by atoms with Gasteiger partial charge in [0.05, 0.1) is 5.69 Å². The Kier molecular flexibility index (Phi) is 3.69. The van der Waals surface area contributed by atoms with E-state index in [9.17, 15) is 4.39 Å². The van der Waals surface area contributed by atoms with E-state index in [2.05, 4.69) is 10.2 Å². The van der Waals surface area contributed by atoms with Gasteiger partial charge in [-0.25, -0.2) is 4.39 Å². The summed E-state index contributed by atoms with van der Waals surface area (Å²) in [6.07, 6.45) is 0. The van der Waals surface area contributed by atoms with Crippen LogP contribution in [-0.4, -0.2) is 10.2 Å². The maximum absolute atomic E-state index is 13.5. The number of benzene rings is 2. The van der Waals surface area contributed by atoms with Gasteiger partial charge in [-0.05, 0) is 36.8 Å². The van der Waals surface area contributed by atoms with Crippen molar-refractivity contribution in [3.05, 3.63) is 71.7 Å². The molecular formula is C17H15FN2O. The van der Waals surface area contributed by atoms with Gasteiger partial charge in [-0.15, -0.1) is 0 Å². The number of nitrogens with zero attached hydrogens (tertiary/aromatic N) is 1. The monoisotopic (exact) mass is 282 g/mol. The molecule has 1 N–H and O–H groups in total. The first-order chi connectivity index (χ1) is 10.2. The zero-order valence-electron chi connectivity index (χ0n) is 11.6. The first-order valence-corrected chi connectivity index (χ1v) is 6.71. The van der Waals surface area contributed by atoms with Gasteiger partial charge in [-0.1, -0.05) is 30.3 Å². The van der Waals surface area contributed by atoms with Crippen LogP contribution in [0.3, 0.4) is 0 Å². The van der Waals surface area contributed by atoms with Gasteiger partial charge in [0.1, 0.15) is 18.2 Å². The molecule has 0 amide bonds. The molecule has 1 aromatic heterocycles. The van der Waals surface area contributed by atoms with Crippen LogP contribution >= 0.6 is 0 Å². The molecule has 4 heteroatoms. The van der Waals surface area contributed by atoms with E-state index < -0.39 is 0 Å². The van der Waals surface area contributed by atoms with Crippen LogP contribution < -0.4 is 4.74 Å². The van der Waals surface area contributed by atoms with Gasteiger partial charge in [0.2, 0.25) is 0 Å². The van der Waals surface area contributed by atoms with E-state index in [0.29, 0.717) is 23.6 Å². The summed E-state index contributed by atoms with van der Waals surface area (Å²) < 4.78 is 19.3. The predicted molar refractivity (Wildman–Crippen MR) is 79.5 cm³/mol. The van der Waals surface area contributed by atoms with Crippen LogP contribution in [0.5, 0.6) is 5.75 Å². The molecule has 0 aliphatic rings. The van der Waals surface area contributed by atoms with E-state index in [0.717, 1.165) is 11.3 Å². The van der Waals surface area contributed by atoms with E-state index in [1.165, 1.54) is 12.1 Å². The number of nitrogens with one attached hydrogen (secondary N) is 1. The highest BCUT2D eigenvalue weighted by molar-refractivity contribution is 5.67. The molecule has 0 radical (unpaired) electrons. The highest BCUT2D eigenvalue weighted by Crippen LogP contribution is 2.30. The molecule has 0 bridgehead atoms. The summed E-state index contributed by atoms with van der Waals surface area (Å²) in [5.41, 5.74) is 3.31. The molecule has 0 saturated carbocycles. The Bertz CT molecular complexity index is 738. The Labute approximate surface area is 122 Å². The lowest BCUT2D eigenvalue weighted by molar-refractivity contribution is 0.307. The van der Waals surface area contributed by atoms with Crippen molar-refractivity contribution in [2.24, 2.45) is 0 Å². The van der Waals surface area contributed by atoms with Crippen LogP contribution in [-0.2, 0) is 6.61 Å². The van der Waals surface area contributed by atoms with Crippen LogP contribution in [0, 0.1) is 12.7 Å². The normalized spacial score (nSPS) is 10.6. The van der Waals surface area contributed by atoms with Crippen molar-refractivity contribution in [2.45, 2.75) is 13.5 Å². The molecule has 3 rings (SSSR count). The van der Waals surface area contributed by atoms with Gasteiger partial charge >= 0.3 is 0 Å². The van der Waals surface area contributed by atoms with Gasteiger partial charge in [0.25, 0.3) is 0 Å². The number of H-pyrrole nitrogens is 1. The molecule has 0 atom stereocenters. The van der Waals surface area contributed by atoms with E-state index in [-0.39, 0.29) is 5.82 Å². The molecule has 0 saturated heterocycles. The van der Waals surface area contributed by atoms with Crippen LogP contribution in [0.2, 0.25) is 0 Å². The minimum Gasteiger partial charge on any atom is -0.488 e. The van der Waals surface area contributed by atoms with Gasteiger partial charge in [-0.2, -0.15) is 5.10 Å². The molecule has 0 unspecified atom stereocenters.